The van der Waals surface area contributed by atoms with E-state index in [0.29, 0.717) is 24.2 Å². The first-order chi connectivity index (χ1) is 13.6. The van der Waals surface area contributed by atoms with Crippen molar-refractivity contribution < 1.29 is 9.53 Å². The molecule has 3 aromatic rings. The lowest BCUT2D eigenvalue weighted by Crippen LogP contribution is -2.19. The number of nitrogens with one attached hydrogen (secondary N) is 1. The summed E-state index contributed by atoms with van der Waals surface area (Å²) < 4.78 is 5.76. The standard InChI is InChI=1S/C24H23NO3/c1-16-20-8-5-9-22(20)25-24(27)21(16)14-15-23(26)17-10-12-19(13-11-17)28-18-6-3-2-4-7-18/h2-4,6-7,10-13H,5,8-9,14-15H2,1H3,(H,25,27). The lowest BCUT2D eigenvalue weighted by molar-refractivity contribution is 0.0982. The minimum atomic E-state index is -0.0439. The number of aromatic amines is 1. The number of carbonyl (C=O) groups is 1. The molecular formula is C24H23NO3. The molecule has 0 saturated heterocycles. The number of Topliss-reactive ketones (excluding diaryl/α,β-unsaturated/α-hetero) is 1. The summed E-state index contributed by atoms with van der Waals surface area (Å²) in [7, 11) is 0. The van der Waals surface area contributed by atoms with Crippen molar-refractivity contribution in [3.05, 3.63) is 92.9 Å². The van der Waals surface area contributed by atoms with E-state index < -0.39 is 0 Å². The van der Waals surface area contributed by atoms with Gasteiger partial charge in [0, 0.05) is 23.2 Å². The fraction of sp³-hybridized carbons (Fsp3) is 0.250. The SMILES string of the molecule is Cc1c2c([nH]c(=O)c1CCC(=O)c1ccc(Oc3ccccc3)cc1)CCC2. The average Bonchev–Trinajstić information content (AvgIpc) is 3.17. The number of benzene rings is 2. The first kappa shape index (κ1) is 18.2. The molecule has 4 heteroatoms. The van der Waals surface area contributed by atoms with E-state index in [-0.39, 0.29) is 11.3 Å². The summed E-state index contributed by atoms with van der Waals surface area (Å²) in [6.07, 6.45) is 3.84. The van der Waals surface area contributed by atoms with E-state index >= 15 is 0 Å². The van der Waals surface area contributed by atoms with E-state index in [4.69, 9.17) is 4.74 Å². The van der Waals surface area contributed by atoms with Crippen molar-refractivity contribution in [3.8, 4) is 11.5 Å². The molecule has 0 atom stereocenters. The molecule has 1 aromatic heterocycles. The second kappa shape index (κ2) is 7.85. The molecule has 0 amide bonds. The zero-order valence-electron chi connectivity index (χ0n) is 16.0. The fourth-order valence-corrected chi connectivity index (χ4v) is 3.88. The van der Waals surface area contributed by atoms with Crippen LogP contribution in [0.25, 0.3) is 0 Å². The third kappa shape index (κ3) is 3.77. The molecule has 2 aromatic carbocycles. The normalized spacial score (nSPS) is 12.6. The number of aromatic nitrogens is 1. The first-order valence-electron chi connectivity index (χ1n) is 9.71. The second-order valence-electron chi connectivity index (χ2n) is 7.23. The summed E-state index contributed by atoms with van der Waals surface area (Å²) in [4.78, 5) is 28.0. The maximum absolute atomic E-state index is 12.6. The van der Waals surface area contributed by atoms with Gasteiger partial charge in [-0.15, -0.1) is 0 Å². The number of hydrogen-bond donors (Lipinski definition) is 1. The highest BCUT2D eigenvalue weighted by atomic mass is 16.5. The van der Waals surface area contributed by atoms with Crippen LogP contribution in [0.15, 0.2) is 59.4 Å². The van der Waals surface area contributed by atoms with Crippen molar-refractivity contribution in [1.29, 1.82) is 0 Å². The van der Waals surface area contributed by atoms with Crippen LogP contribution >= 0.6 is 0 Å². The number of carbonyl (C=O) groups excluding carboxylic acids is 1. The zero-order valence-corrected chi connectivity index (χ0v) is 16.0. The van der Waals surface area contributed by atoms with Crippen LogP contribution in [-0.2, 0) is 19.3 Å². The van der Waals surface area contributed by atoms with E-state index in [1.54, 1.807) is 24.3 Å². The summed E-state index contributed by atoms with van der Waals surface area (Å²) in [6, 6.07) is 16.7. The van der Waals surface area contributed by atoms with Crippen molar-refractivity contribution >= 4 is 5.78 Å². The van der Waals surface area contributed by atoms with Gasteiger partial charge in [0.1, 0.15) is 11.5 Å². The molecule has 1 aliphatic carbocycles. The molecular weight excluding hydrogens is 350 g/mol. The lowest BCUT2D eigenvalue weighted by atomic mass is 9.97. The van der Waals surface area contributed by atoms with Crippen LogP contribution in [0, 0.1) is 6.92 Å². The largest absolute Gasteiger partial charge is 0.457 e. The van der Waals surface area contributed by atoms with Gasteiger partial charge in [0.2, 0.25) is 0 Å². The Morgan fingerprint density at radius 3 is 2.46 bits per heavy atom. The van der Waals surface area contributed by atoms with Crippen LogP contribution in [0.3, 0.4) is 0 Å². The van der Waals surface area contributed by atoms with Gasteiger partial charge >= 0.3 is 0 Å². The third-order valence-electron chi connectivity index (χ3n) is 5.42. The van der Waals surface area contributed by atoms with Crippen molar-refractivity contribution in [2.24, 2.45) is 0 Å². The maximum Gasteiger partial charge on any atom is 0.251 e. The molecule has 1 N–H and O–H groups in total. The van der Waals surface area contributed by atoms with Crippen LogP contribution in [0.1, 0.15) is 45.6 Å². The first-order valence-corrected chi connectivity index (χ1v) is 9.71. The minimum absolute atomic E-state index is 0.0329. The molecule has 0 radical (unpaired) electrons. The molecule has 0 unspecified atom stereocenters. The van der Waals surface area contributed by atoms with Gasteiger partial charge in [0.25, 0.3) is 5.56 Å². The summed E-state index contributed by atoms with van der Waals surface area (Å²) in [5.74, 6) is 1.48. The molecule has 0 aliphatic heterocycles. The van der Waals surface area contributed by atoms with Gasteiger partial charge in [-0.2, -0.15) is 0 Å². The number of hydrogen-bond acceptors (Lipinski definition) is 3. The Morgan fingerprint density at radius 1 is 1.00 bits per heavy atom. The van der Waals surface area contributed by atoms with E-state index in [9.17, 15) is 9.59 Å². The topological polar surface area (TPSA) is 59.2 Å². The number of ether oxygens (including phenoxy) is 1. The second-order valence-corrected chi connectivity index (χ2v) is 7.23. The third-order valence-corrected chi connectivity index (χ3v) is 5.42. The minimum Gasteiger partial charge on any atom is -0.457 e. The predicted molar refractivity (Wildman–Crippen MR) is 109 cm³/mol. The zero-order chi connectivity index (χ0) is 19.5. The van der Waals surface area contributed by atoms with Crippen molar-refractivity contribution in [2.45, 2.75) is 39.0 Å². The van der Waals surface area contributed by atoms with Crippen LogP contribution in [-0.4, -0.2) is 10.8 Å². The number of pyridine rings is 1. The molecule has 1 heterocycles. The van der Waals surface area contributed by atoms with Gasteiger partial charge in [0.05, 0.1) is 0 Å². The Hall–Kier alpha value is -3.14. The van der Waals surface area contributed by atoms with Crippen LogP contribution in [0.5, 0.6) is 11.5 Å². The van der Waals surface area contributed by atoms with Gasteiger partial charge in [-0.3, -0.25) is 9.59 Å². The van der Waals surface area contributed by atoms with Crippen molar-refractivity contribution in [1.82, 2.24) is 4.98 Å². The number of rotatable bonds is 6. The van der Waals surface area contributed by atoms with Crippen molar-refractivity contribution in [3.63, 3.8) is 0 Å². The number of para-hydroxylation sites is 1. The van der Waals surface area contributed by atoms with E-state index in [0.717, 1.165) is 41.8 Å². The van der Waals surface area contributed by atoms with E-state index in [1.807, 2.05) is 37.3 Å². The highest BCUT2D eigenvalue weighted by Crippen LogP contribution is 2.25. The van der Waals surface area contributed by atoms with Crippen molar-refractivity contribution in [2.75, 3.05) is 0 Å². The average molecular weight is 373 g/mol. The number of ketones is 1. The number of H-pyrrole nitrogens is 1. The molecule has 0 saturated carbocycles. The van der Waals surface area contributed by atoms with Gasteiger partial charge in [-0.05, 0) is 80.1 Å². The quantitative estimate of drug-likeness (QED) is 0.633. The lowest BCUT2D eigenvalue weighted by Gasteiger charge is -2.10. The molecule has 4 nitrogen and oxygen atoms in total. The Balaban J connectivity index is 1.43. The Morgan fingerprint density at radius 2 is 1.71 bits per heavy atom. The Bertz CT molecular complexity index is 1050. The van der Waals surface area contributed by atoms with Gasteiger partial charge < -0.3 is 9.72 Å². The van der Waals surface area contributed by atoms with Crippen LogP contribution in [0.4, 0.5) is 0 Å². The monoisotopic (exact) mass is 373 g/mol. The molecule has 0 fully saturated rings. The smallest absolute Gasteiger partial charge is 0.251 e. The van der Waals surface area contributed by atoms with Gasteiger partial charge in [0.15, 0.2) is 5.78 Å². The fourth-order valence-electron chi connectivity index (χ4n) is 3.88. The van der Waals surface area contributed by atoms with E-state index in [1.165, 1.54) is 5.56 Å². The van der Waals surface area contributed by atoms with Crippen LogP contribution < -0.4 is 10.3 Å². The van der Waals surface area contributed by atoms with E-state index in [2.05, 4.69) is 4.98 Å². The molecule has 28 heavy (non-hydrogen) atoms. The number of aryl methyl sites for hydroxylation is 1. The molecule has 0 spiro atoms. The molecule has 0 bridgehead atoms. The molecule has 142 valence electrons. The summed E-state index contributed by atoms with van der Waals surface area (Å²) in [6.45, 7) is 2.01. The molecule has 4 rings (SSSR count). The van der Waals surface area contributed by atoms with Gasteiger partial charge in [-0.1, -0.05) is 18.2 Å². The summed E-state index contributed by atoms with van der Waals surface area (Å²) in [5, 5.41) is 0. The molecule has 1 aliphatic rings. The summed E-state index contributed by atoms with van der Waals surface area (Å²) >= 11 is 0. The van der Waals surface area contributed by atoms with Gasteiger partial charge in [-0.25, -0.2) is 0 Å². The van der Waals surface area contributed by atoms with Crippen LogP contribution in [0.2, 0.25) is 0 Å². The summed E-state index contributed by atoms with van der Waals surface area (Å²) in [5.41, 5.74) is 4.75. The highest BCUT2D eigenvalue weighted by Gasteiger charge is 2.19. The Kier molecular flexibility index (Phi) is 5.11. The predicted octanol–water partition coefficient (Wildman–Crippen LogP) is 4.78. The maximum atomic E-state index is 12.6. The highest BCUT2D eigenvalue weighted by molar-refractivity contribution is 5.96. The Labute approximate surface area is 164 Å². The number of fused-ring (bicyclic) bond motifs is 1.